The van der Waals surface area contributed by atoms with Crippen LogP contribution in [0.2, 0.25) is 0 Å². The lowest BCUT2D eigenvalue weighted by molar-refractivity contribution is -0.127. The minimum atomic E-state index is -0.195. The molecule has 146 valence electrons. The lowest BCUT2D eigenvalue weighted by Gasteiger charge is -2.36. The Labute approximate surface area is 161 Å². The zero-order valence-electron chi connectivity index (χ0n) is 16.6. The SMILES string of the molecule is COc1ccc([C@H](C)NC(=O)N(OC)C2CCN(C)CC2)c2ccccc12. The van der Waals surface area contributed by atoms with Gasteiger partial charge in [0, 0.05) is 5.39 Å². The Morgan fingerprint density at radius 1 is 1.15 bits per heavy atom. The van der Waals surface area contributed by atoms with Crippen molar-refractivity contribution in [2.75, 3.05) is 34.4 Å². The maximum Gasteiger partial charge on any atom is 0.342 e. The fourth-order valence-corrected chi connectivity index (χ4v) is 3.80. The average Bonchev–Trinajstić information content (AvgIpc) is 2.69. The van der Waals surface area contributed by atoms with E-state index in [9.17, 15) is 4.79 Å². The van der Waals surface area contributed by atoms with E-state index in [2.05, 4.69) is 23.3 Å². The van der Waals surface area contributed by atoms with E-state index >= 15 is 0 Å². The number of carbonyl (C=O) groups is 1. The van der Waals surface area contributed by atoms with Gasteiger partial charge >= 0.3 is 6.03 Å². The summed E-state index contributed by atoms with van der Waals surface area (Å²) >= 11 is 0. The second-order valence-electron chi connectivity index (χ2n) is 7.12. The number of hydrogen-bond acceptors (Lipinski definition) is 4. The van der Waals surface area contributed by atoms with Crippen molar-refractivity contribution in [1.82, 2.24) is 15.3 Å². The quantitative estimate of drug-likeness (QED) is 0.817. The minimum Gasteiger partial charge on any atom is -0.496 e. The van der Waals surface area contributed by atoms with Gasteiger partial charge in [-0.2, -0.15) is 0 Å². The first-order valence-electron chi connectivity index (χ1n) is 9.43. The first-order chi connectivity index (χ1) is 13.0. The number of hydroxylamine groups is 2. The molecule has 0 radical (unpaired) electrons. The molecule has 1 fully saturated rings. The van der Waals surface area contributed by atoms with E-state index in [4.69, 9.17) is 9.57 Å². The van der Waals surface area contributed by atoms with Crippen LogP contribution >= 0.6 is 0 Å². The zero-order valence-corrected chi connectivity index (χ0v) is 16.6. The number of ether oxygens (including phenoxy) is 1. The number of urea groups is 1. The van der Waals surface area contributed by atoms with Crippen molar-refractivity contribution in [3.63, 3.8) is 0 Å². The first-order valence-corrected chi connectivity index (χ1v) is 9.43. The lowest BCUT2D eigenvalue weighted by atomic mass is 9.99. The van der Waals surface area contributed by atoms with Gasteiger partial charge in [-0.05, 0) is 56.9 Å². The molecule has 1 N–H and O–H groups in total. The number of nitrogens with zero attached hydrogens (tertiary/aromatic N) is 2. The van der Waals surface area contributed by atoms with Crippen LogP contribution in [0, 0.1) is 0 Å². The second kappa shape index (κ2) is 8.59. The van der Waals surface area contributed by atoms with Gasteiger partial charge in [-0.3, -0.25) is 4.84 Å². The third-order valence-electron chi connectivity index (χ3n) is 5.36. The second-order valence-corrected chi connectivity index (χ2v) is 7.12. The first kappa shape index (κ1) is 19.5. The van der Waals surface area contributed by atoms with Crippen LogP contribution in [0.3, 0.4) is 0 Å². The van der Waals surface area contributed by atoms with Crippen molar-refractivity contribution in [1.29, 1.82) is 0 Å². The van der Waals surface area contributed by atoms with Crippen molar-refractivity contribution >= 4 is 16.8 Å². The molecular formula is C21H29N3O3. The molecule has 2 amide bonds. The van der Waals surface area contributed by atoms with Gasteiger partial charge in [0.15, 0.2) is 0 Å². The fraction of sp³-hybridized carbons (Fsp3) is 0.476. The summed E-state index contributed by atoms with van der Waals surface area (Å²) in [7, 11) is 5.33. The predicted molar refractivity (Wildman–Crippen MR) is 107 cm³/mol. The molecule has 2 aromatic rings. The van der Waals surface area contributed by atoms with Crippen molar-refractivity contribution in [2.24, 2.45) is 0 Å². The summed E-state index contributed by atoms with van der Waals surface area (Å²) in [6.07, 6.45) is 1.83. The number of rotatable bonds is 5. The highest BCUT2D eigenvalue weighted by atomic mass is 16.7. The molecule has 2 aromatic carbocycles. The van der Waals surface area contributed by atoms with Crippen LogP contribution in [0.15, 0.2) is 36.4 Å². The summed E-state index contributed by atoms with van der Waals surface area (Å²) < 4.78 is 5.47. The topological polar surface area (TPSA) is 54.0 Å². The van der Waals surface area contributed by atoms with E-state index in [-0.39, 0.29) is 18.1 Å². The molecule has 1 atom stereocenters. The maximum atomic E-state index is 12.8. The number of benzene rings is 2. The number of likely N-dealkylation sites (tertiary alicyclic amines) is 1. The number of nitrogens with one attached hydrogen (secondary N) is 1. The summed E-state index contributed by atoms with van der Waals surface area (Å²) in [6, 6.07) is 11.8. The molecule has 0 spiro atoms. The van der Waals surface area contributed by atoms with Gasteiger partial charge in [0.1, 0.15) is 5.75 Å². The highest BCUT2D eigenvalue weighted by Gasteiger charge is 2.28. The largest absolute Gasteiger partial charge is 0.496 e. The van der Waals surface area contributed by atoms with Crippen LogP contribution in [0.1, 0.15) is 31.4 Å². The molecule has 0 aliphatic carbocycles. The Morgan fingerprint density at radius 2 is 1.81 bits per heavy atom. The van der Waals surface area contributed by atoms with Gasteiger partial charge in [0.25, 0.3) is 0 Å². The standard InChI is InChI=1S/C21H29N3O3/c1-15(17-9-10-20(26-3)19-8-6-5-7-18(17)19)22-21(25)24(27-4)16-11-13-23(2)14-12-16/h5-10,15-16H,11-14H2,1-4H3,(H,22,25)/t15-/m0/s1. The minimum absolute atomic E-state index is 0.103. The molecule has 0 unspecified atom stereocenters. The summed E-state index contributed by atoms with van der Waals surface area (Å²) in [4.78, 5) is 20.6. The van der Waals surface area contributed by atoms with Crippen LogP contribution in [-0.4, -0.2) is 56.4 Å². The highest BCUT2D eigenvalue weighted by Crippen LogP contribution is 2.31. The van der Waals surface area contributed by atoms with Gasteiger partial charge in [-0.25, -0.2) is 9.86 Å². The van der Waals surface area contributed by atoms with E-state index in [1.54, 1.807) is 14.2 Å². The summed E-state index contributed by atoms with van der Waals surface area (Å²) in [5.41, 5.74) is 1.05. The van der Waals surface area contributed by atoms with E-state index in [1.165, 1.54) is 5.06 Å². The monoisotopic (exact) mass is 371 g/mol. The molecule has 0 aromatic heterocycles. The smallest absolute Gasteiger partial charge is 0.342 e. The van der Waals surface area contributed by atoms with Crippen LogP contribution in [0.5, 0.6) is 5.75 Å². The number of hydrogen-bond donors (Lipinski definition) is 1. The van der Waals surface area contributed by atoms with Crippen LogP contribution in [0.4, 0.5) is 4.79 Å². The molecule has 1 saturated heterocycles. The van der Waals surface area contributed by atoms with Crippen LogP contribution < -0.4 is 10.1 Å². The third kappa shape index (κ3) is 4.17. The average molecular weight is 371 g/mol. The number of methoxy groups -OCH3 is 1. The molecule has 1 heterocycles. The maximum absolute atomic E-state index is 12.8. The molecule has 1 aliphatic heterocycles. The predicted octanol–water partition coefficient (Wildman–Crippen LogP) is 3.58. The number of carbonyl (C=O) groups excluding carboxylic acids is 1. The van der Waals surface area contributed by atoms with E-state index in [0.717, 1.165) is 48.0 Å². The third-order valence-corrected chi connectivity index (χ3v) is 5.36. The van der Waals surface area contributed by atoms with Crippen molar-refractivity contribution in [3.8, 4) is 5.75 Å². The summed E-state index contributed by atoms with van der Waals surface area (Å²) in [5.74, 6) is 0.831. The van der Waals surface area contributed by atoms with Crippen LogP contribution in [0.25, 0.3) is 10.8 Å². The van der Waals surface area contributed by atoms with Gasteiger partial charge in [0.2, 0.25) is 0 Å². The summed E-state index contributed by atoms with van der Waals surface area (Å²) in [5, 5.41) is 6.70. The van der Waals surface area contributed by atoms with Gasteiger partial charge in [0.05, 0.1) is 26.3 Å². The zero-order chi connectivity index (χ0) is 19.4. The molecule has 0 saturated carbocycles. The van der Waals surface area contributed by atoms with Crippen molar-refractivity contribution < 1.29 is 14.4 Å². The van der Waals surface area contributed by atoms with Gasteiger partial charge < -0.3 is 15.0 Å². The normalized spacial score (nSPS) is 16.9. The molecule has 1 aliphatic rings. The molecular weight excluding hydrogens is 342 g/mol. The molecule has 0 bridgehead atoms. The highest BCUT2D eigenvalue weighted by molar-refractivity contribution is 5.91. The Kier molecular flexibility index (Phi) is 6.19. The van der Waals surface area contributed by atoms with E-state index in [1.807, 2.05) is 37.3 Å². The van der Waals surface area contributed by atoms with Gasteiger partial charge in [-0.1, -0.05) is 30.3 Å². The van der Waals surface area contributed by atoms with E-state index in [0.29, 0.717) is 0 Å². The number of amides is 2. The van der Waals surface area contributed by atoms with Crippen molar-refractivity contribution in [3.05, 3.63) is 42.0 Å². The van der Waals surface area contributed by atoms with Gasteiger partial charge in [-0.15, -0.1) is 0 Å². The van der Waals surface area contributed by atoms with Crippen LogP contribution in [-0.2, 0) is 4.84 Å². The Bertz CT molecular complexity index is 787. The molecule has 6 heteroatoms. The van der Waals surface area contributed by atoms with E-state index < -0.39 is 0 Å². The summed E-state index contributed by atoms with van der Waals surface area (Å²) in [6.45, 7) is 3.93. The Balaban J connectivity index is 1.77. The molecule has 3 rings (SSSR count). The number of piperidine rings is 1. The molecule has 6 nitrogen and oxygen atoms in total. The lowest BCUT2D eigenvalue weighted by Crippen LogP contribution is -2.50. The number of fused-ring (bicyclic) bond motifs is 1. The fourth-order valence-electron chi connectivity index (χ4n) is 3.80. The molecule has 27 heavy (non-hydrogen) atoms. The Hall–Kier alpha value is -2.31. The Morgan fingerprint density at radius 3 is 2.44 bits per heavy atom. The van der Waals surface area contributed by atoms with Crippen molar-refractivity contribution in [2.45, 2.75) is 31.8 Å².